The Balaban J connectivity index is 2.47. The highest BCUT2D eigenvalue weighted by Crippen LogP contribution is 2.14. The summed E-state index contributed by atoms with van der Waals surface area (Å²) in [5.41, 5.74) is 0. The maximum absolute atomic E-state index is 10.3. The van der Waals surface area contributed by atoms with Gasteiger partial charge in [0.05, 0.1) is 18.6 Å². The average molecular weight is 146 g/mol. The van der Waals surface area contributed by atoms with E-state index in [-0.39, 0.29) is 6.61 Å². The summed E-state index contributed by atoms with van der Waals surface area (Å²) in [6.45, 7) is 0.588. The Morgan fingerprint density at radius 2 is 2.30 bits per heavy atom. The van der Waals surface area contributed by atoms with Crippen LogP contribution < -0.4 is 0 Å². The zero-order chi connectivity index (χ0) is 7.56. The Morgan fingerprint density at radius 3 is 2.70 bits per heavy atom. The van der Waals surface area contributed by atoms with Crippen LogP contribution in [0.25, 0.3) is 0 Å². The second-order valence-corrected chi connectivity index (χ2v) is 2.38. The lowest BCUT2D eigenvalue weighted by Crippen LogP contribution is -2.37. The Kier molecular flexibility index (Phi) is 2.24. The molecule has 1 fully saturated rings. The fourth-order valence-corrected chi connectivity index (χ4v) is 1.01. The number of hydrogen-bond acceptors (Lipinski definition) is 3. The summed E-state index contributed by atoms with van der Waals surface area (Å²) in [7, 11) is 0. The molecule has 1 unspecified atom stereocenters. The van der Waals surface area contributed by atoms with E-state index in [4.69, 9.17) is 14.9 Å². The average Bonchev–Trinajstić information content (AvgIpc) is 1.88. The van der Waals surface area contributed by atoms with Crippen molar-refractivity contribution in [3.8, 4) is 0 Å². The number of hydrogen-bond donors (Lipinski definition) is 2. The van der Waals surface area contributed by atoms with Gasteiger partial charge in [0.2, 0.25) is 0 Å². The molecule has 0 saturated carbocycles. The highest BCUT2D eigenvalue weighted by atomic mass is 16.5. The zero-order valence-corrected chi connectivity index (χ0v) is 5.49. The van der Waals surface area contributed by atoms with Crippen LogP contribution in [0.4, 0.5) is 0 Å². The summed E-state index contributed by atoms with van der Waals surface area (Å²) >= 11 is 0. The maximum atomic E-state index is 10.3. The molecular weight excluding hydrogens is 136 g/mol. The van der Waals surface area contributed by atoms with Crippen molar-refractivity contribution in [2.24, 2.45) is 5.92 Å². The second kappa shape index (κ2) is 2.98. The van der Waals surface area contributed by atoms with Crippen LogP contribution >= 0.6 is 0 Å². The number of aliphatic carboxylic acids is 1. The van der Waals surface area contributed by atoms with Gasteiger partial charge in [-0.2, -0.15) is 0 Å². The van der Waals surface area contributed by atoms with Crippen LogP contribution in [0.15, 0.2) is 0 Å². The monoisotopic (exact) mass is 146 g/mol. The van der Waals surface area contributed by atoms with E-state index in [1.165, 1.54) is 0 Å². The van der Waals surface area contributed by atoms with Crippen molar-refractivity contribution in [2.45, 2.75) is 12.5 Å². The number of carboxylic acids is 1. The molecular formula is C6H10O4. The molecule has 1 heterocycles. The molecule has 4 nitrogen and oxygen atoms in total. The van der Waals surface area contributed by atoms with Gasteiger partial charge in [0.1, 0.15) is 0 Å². The van der Waals surface area contributed by atoms with Gasteiger partial charge >= 0.3 is 5.97 Å². The van der Waals surface area contributed by atoms with Gasteiger partial charge in [-0.1, -0.05) is 0 Å². The Bertz CT molecular complexity index is 134. The number of carboxylic acid groups (broad SMARTS) is 1. The minimum atomic E-state index is -0.934. The molecule has 0 radical (unpaired) electrons. The molecule has 0 spiro atoms. The molecule has 1 aliphatic heterocycles. The van der Waals surface area contributed by atoms with E-state index in [1.54, 1.807) is 0 Å². The van der Waals surface area contributed by atoms with Crippen molar-refractivity contribution in [1.29, 1.82) is 0 Å². The minimum absolute atomic E-state index is 0.150. The molecule has 0 aliphatic carbocycles. The molecule has 1 aliphatic rings. The van der Waals surface area contributed by atoms with Gasteiger partial charge in [-0.15, -0.1) is 0 Å². The zero-order valence-electron chi connectivity index (χ0n) is 5.49. The van der Waals surface area contributed by atoms with Gasteiger partial charge in [0, 0.05) is 6.61 Å². The van der Waals surface area contributed by atoms with Crippen LogP contribution in [-0.2, 0) is 9.53 Å². The molecule has 0 aromatic rings. The smallest absolute Gasteiger partial charge is 0.309 e. The summed E-state index contributed by atoms with van der Waals surface area (Å²) < 4.78 is 4.85. The molecule has 4 heteroatoms. The first-order valence-electron chi connectivity index (χ1n) is 3.20. The van der Waals surface area contributed by atoms with Crippen LogP contribution in [0.2, 0.25) is 0 Å². The van der Waals surface area contributed by atoms with Gasteiger partial charge in [-0.3, -0.25) is 4.79 Å². The molecule has 0 amide bonds. The highest BCUT2D eigenvalue weighted by molar-refractivity contribution is 5.70. The Hall–Kier alpha value is -0.610. The summed E-state index contributed by atoms with van der Waals surface area (Å²) in [4.78, 5) is 10.3. The van der Waals surface area contributed by atoms with Crippen molar-refractivity contribution >= 4 is 5.97 Å². The van der Waals surface area contributed by atoms with Crippen LogP contribution in [0.1, 0.15) is 6.42 Å². The largest absolute Gasteiger partial charge is 0.481 e. The van der Waals surface area contributed by atoms with Crippen molar-refractivity contribution in [3.05, 3.63) is 0 Å². The van der Waals surface area contributed by atoms with E-state index < -0.39 is 18.0 Å². The predicted molar refractivity (Wildman–Crippen MR) is 32.6 cm³/mol. The van der Waals surface area contributed by atoms with Gasteiger partial charge in [0.15, 0.2) is 0 Å². The quantitative estimate of drug-likeness (QED) is 0.521. The summed E-state index contributed by atoms with van der Waals surface area (Å²) in [6.07, 6.45) is -0.414. The van der Waals surface area contributed by atoms with E-state index in [9.17, 15) is 4.79 Å². The summed E-state index contributed by atoms with van der Waals surface area (Å²) in [6, 6.07) is 0. The maximum Gasteiger partial charge on any atom is 0.309 e. The van der Waals surface area contributed by atoms with E-state index >= 15 is 0 Å². The van der Waals surface area contributed by atoms with E-state index in [1.807, 2.05) is 0 Å². The topological polar surface area (TPSA) is 66.8 Å². The molecule has 1 rings (SSSR count). The Morgan fingerprint density at radius 1 is 1.60 bits per heavy atom. The molecule has 10 heavy (non-hydrogen) atoms. The normalized spacial score (nSPS) is 33.7. The van der Waals surface area contributed by atoms with Gasteiger partial charge in [0.25, 0.3) is 0 Å². The lowest BCUT2D eigenvalue weighted by Gasteiger charge is -2.23. The van der Waals surface area contributed by atoms with E-state index in [0.29, 0.717) is 13.0 Å². The molecule has 58 valence electrons. The molecule has 2 atom stereocenters. The van der Waals surface area contributed by atoms with Crippen molar-refractivity contribution in [3.63, 3.8) is 0 Å². The first-order chi connectivity index (χ1) is 4.72. The SMILES string of the molecule is O=C(O)[C@@H]1CCOCC1O. The fourth-order valence-electron chi connectivity index (χ4n) is 1.01. The third-order valence-corrected chi connectivity index (χ3v) is 1.64. The van der Waals surface area contributed by atoms with E-state index in [2.05, 4.69) is 0 Å². The molecule has 1 saturated heterocycles. The predicted octanol–water partition coefficient (Wildman–Crippen LogP) is -0.532. The minimum Gasteiger partial charge on any atom is -0.481 e. The number of rotatable bonds is 1. The van der Waals surface area contributed by atoms with Gasteiger partial charge in [-0.05, 0) is 6.42 Å². The van der Waals surface area contributed by atoms with Crippen LogP contribution in [0.5, 0.6) is 0 Å². The molecule has 2 N–H and O–H groups in total. The highest BCUT2D eigenvalue weighted by Gasteiger charge is 2.29. The summed E-state index contributed by atoms with van der Waals surface area (Å²) in [5.74, 6) is -1.57. The number of aliphatic hydroxyl groups is 1. The number of carbonyl (C=O) groups is 1. The molecule has 0 aromatic carbocycles. The molecule has 0 aromatic heterocycles. The number of aliphatic hydroxyl groups excluding tert-OH is 1. The second-order valence-electron chi connectivity index (χ2n) is 2.38. The first kappa shape index (κ1) is 7.50. The Labute approximate surface area is 58.4 Å². The van der Waals surface area contributed by atoms with Crippen LogP contribution in [-0.4, -0.2) is 35.5 Å². The van der Waals surface area contributed by atoms with E-state index in [0.717, 1.165) is 0 Å². The fraction of sp³-hybridized carbons (Fsp3) is 0.833. The standard InChI is InChI=1S/C6H10O4/c7-5-3-10-2-1-4(5)6(8)9/h4-5,7H,1-3H2,(H,8,9)/t4-,5?/m1/s1. The van der Waals surface area contributed by atoms with Crippen LogP contribution in [0.3, 0.4) is 0 Å². The van der Waals surface area contributed by atoms with Crippen molar-refractivity contribution in [2.75, 3.05) is 13.2 Å². The lowest BCUT2D eigenvalue weighted by atomic mass is 9.98. The van der Waals surface area contributed by atoms with Crippen molar-refractivity contribution < 1.29 is 19.7 Å². The third-order valence-electron chi connectivity index (χ3n) is 1.64. The van der Waals surface area contributed by atoms with Gasteiger partial charge in [-0.25, -0.2) is 0 Å². The van der Waals surface area contributed by atoms with Crippen molar-refractivity contribution in [1.82, 2.24) is 0 Å². The third kappa shape index (κ3) is 1.46. The number of ether oxygens (including phenoxy) is 1. The lowest BCUT2D eigenvalue weighted by molar-refractivity contribution is -0.152. The first-order valence-corrected chi connectivity index (χ1v) is 3.20. The summed E-state index contributed by atoms with van der Waals surface area (Å²) in [5, 5.41) is 17.5. The van der Waals surface area contributed by atoms with Crippen LogP contribution in [0, 0.1) is 5.92 Å². The molecule has 0 bridgehead atoms. The van der Waals surface area contributed by atoms with Gasteiger partial charge < -0.3 is 14.9 Å².